The van der Waals surface area contributed by atoms with Crippen LogP contribution in [-0.4, -0.2) is 39.9 Å². The van der Waals surface area contributed by atoms with E-state index in [0.717, 1.165) is 16.3 Å². The molecule has 4 aromatic rings. The van der Waals surface area contributed by atoms with Gasteiger partial charge in [-0.05, 0) is 28.8 Å². The zero-order valence-corrected chi connectivity index (χ0v) is 22.5. The number of fused-ring (bicyclic) bond motifs is 1. The maximum Gasteiger partial charge on any atom is 0.321 e. The lowest BCUT2D eigenvalue weighted by Crippen LogP contribution is -2.46. The lowest BCUT2D eigenvalue weighted by molar-refractivity contribution is -0.138. The van der Waals surface area contributed by atoms with E-state index in [0.29, 0.717) is 22.9 Å². The van der Waals surface area contributed by atoms with E-state index in [2.05, 4.69) is 26.3 Å². The van der Waals surface area contributed by atoms with Crippen molar-refractivity contribution in [3.63, 3.8) is 0 Å². The minimum atomic E-state index is -1.06. The number of amides is 4. The average molecular weight is 560 g/mol. The molecule has 0 aliphatic carbocycles. The van der Waals surface area contributed by atoms with Gasteiger partial charge in [-0.25, -0.2) is 9.78 Å². The third-order valence-electron chi connectivity index (χ3n) is 6.07. The summed E-state index contributed by atoms with van der Waals surface area (Å²) in [7, 11) is 0. The van der Waals surface area contributed by atoms with Gasteiger partial charge in [-0.3, -0.25) is 19.7 Å². The van der Waals surface area contributed by atoms with Crippen LogP contribution in [0.5, 0.6) is 0 Å². The third kappa shape index (κ3) is 7.87. The first kappa shape index (κ1) is 28.2. The number of benzene rings is 3. The van der Waals surface area contributed by atoms with Crippen LogP contribution in [0.4, 0.5) is 9.93 Å². The molecular weight excluding hydrogens is 530 g/mol. The molecular formula is C29H29N5O5S. The summed E-state index contributed by atoms with van der Waals surface area (Å²) in [5.41, 5.74) is 2.08. The number of carboxylic acids is 1. The summed E-state index contributed by atoms with van der Waals surface area (Å²) in [5.74, 6) is -2.01. The van der Waals surface area contributed by atoms with Crippen molar-refractivity contribution < 1.29 is 24.3 Å². The summed E-state index contributed by atoms with van der Waals surface area (Å²) in [6.07, 6.45) is -0.406. The van der Waals surface area contributed by atoms with Crippen LogP contribution >= 0.6 is 11.3 Å². The molecule has 0 radical (unpaired) electrons. The van der Waals surface area contributed by atoms with Gasteiger partial charge in [0.05, 0.1) is 24.6 Å². The van der Waals surface area contributed by atoms with Gasteiger partial charge < -0.3 is 21.1 Å². The van der Waals surface area contributed by atoms with Gasteiger partial charge in [-0.15, -0.1) is 11.3 Å². The van der Waals surface area contributed by atoms with Gasteiger partial charge in [-0.2, -0.15) is 0 Å². The molecule has 0 aliphatic heterocycles. The number of hydrogen-bond donors (Lipinski definition) is 5. The van der Waals surface area contributed by atoms with E-state index >= 15 is 0 Å². The smallest absolute Gasteiger partial charge is 0.321 e. The number of nitrogens with zero attached hydrogens (tertiary/aromatic N) is 1. The van der Waals surface area contributed by atoms with E-state index in [1.807, 2.05) is 66.7 Å². The molecule has 0 bridgehead atoms. The van der Waals surface area contributed by atoms with E-state index in [-0.39, 0.29) is 12.8 Å². The molecule has 40 heavy (non-hydrogen) atoms. The summed E-state index contributed by atoms with van der Waals surface area (Å²) >= 11 is 1.18. The fourth-order valence-electron chi connectivity index (χ4n) is 4.15. The Labute approximate surface area is 234 Å². The van der Waals surface area contributed by atoms with Crippen LogP contribution in [0.25, 0.3) is 10.8 Å². The number of carboxylic acid groups (broad SMARTS) is 1. The Morgan fingerprint density at radius 3 is 2.42 bits per heavy atom. The van der Waals surface area contributed by atoms with Gasteiger partial charge in [0.25, 0.3) is 0 Å². The fraction of sp³-hybridized carbons (Fsp3) is 0.207. The van der Waals surface area contributed by atoms with Gasteiger partial charge in [0.2, 0.25) is 11.8 Å². The summed E-state index contributed by atoms with van der Waals surface area (Å²) in [4.78, 5) is 53.5. The molecule has 5 N–H and O–H groups in total. The molecule has 0 saturated heterocycles. The summed E-state index contributed by atoms with van der Waals surface area (Å²) in [5, 5.41) is 24.0. The van der Waals surface area contributed by atoms with Crippen LogP contribution in [0.3, 0.4) is 0 Å². The van der Waals surface area contributed by atoms with Gasteiger partial charge >= 0.3 is 12.0 Å². The number of carbonyl (C=O) groups is 4. The van der Waals surface area contributed by atoms with E-state index in [1.165, 1.54) is 18.3 Å². The Morgan fingerprint density at radius 2 is 1.65 bits per heavy atom. The molecule has 0 saturated carbocycles. The largest absolute Gasteiger partial charge is 0.481 e. The van der Waals surface area contributed by atoms with Crippen molar-refractivity contribution in [2.24, 2.45) is 0 Å². The Morgan fingerprint density at radius 1 is 0.925 bits per heavy atom. The first-order chi connectivity index (χ1) is 19.3. The number of aliphatic carboxylic acids is 1. The van der Waals surface area contributed by atoms with Crippen molar-refractivity contribution in [2.75, 3.05) is 5.32 Å². The molecule has 0 spiro atoms. The van der Waals surface area contributed by atoms with Crippen molar-refractivity contribution in [1.82, 2.24) is 20.9 Å². The van der Waals surface area contributed by atoms with Crippen molar-refractivity contribution in [2.45, 2.75) is 38.4 Å². The number of thiazole rings is 1. The molecule has 1 heterocycles. The zero-order chi connectivity index (χ0) is 28.5. The highest BCUT2D eigenvalue weighted by Gasteiger charge is 2.24. The number of carbonyl (C=O) groups excluding carboxylic acids is 3. The number of anilines is 1. The highest BCUT2D eigenvalue weighted by Crippen LogP contribution is 2.26. The van der Waals surface area contributed by atoms with Crippen LogP contribution < -0.4 is 21.3 Å². The van der Waals surface area contributed by atoms with Gasteiger partial charge in [0.1, 0.15) is 6.04 Å². The lowest BCUT2D eigenvalue weighted by atomic mass is 9.96. The van der Waals surface area contributed by atoms with Crippen molar-refractivity contribution >= 4 is 51.1 Å². The predicted octanol–water partition coefficient (Wildman–Crippen LogP) is 4.00. The molecule has 4 amide bonds. The number of rotatable bonds is 11. The molecule has 206 valence electrons. The maximum absolute atomic E-state index is 12.9. The van der Waals surface area contributed by atoms with Gasteiger partial charge in [0, 0.05) is 11.9 Å². The van der Waals surface area contributed by atoms with Gasteiger partial charge in [-0.1, -0.05) is 72.8 Å². The Bertz CT molecular complexity index is 1500. The van der Waals surface area contributed by atoms with Crippen LogP contribution in [0.2, 0.25) is 0 Å². The monoisotopic (exact) mass is 559 g/mol. The minimum Gasteiger partial charge on any atom is -0.481 e. The second-order valence-corrected chi connectivity index (χ2v) is 9.99. The second kappa shape index (κ2) is 13.3. The van der Waals surface area contributed by atoms with Crippen molar-refractivity contribution in [1.29, 1.82) is 0 Å². The number of urea groups is 1. The summed E-state index contributed by atoms with van der Waals surface area (Å²) in [6.45, 7) is 1.89. The highest BCUT2D eigenvalue weighted by molar-refractivity contribution is 7.13. The molecule has 3 aromatic carbocycles. The standard InChI is InChI=1S/C29H29N5O5S/c1-18(27(38)33-24(15-26(36)37)23-13-7-11-20-10-5-6-12-22(20)23)31-25(35)14-21-17-40-29(32-21)34-28(39)30-16-19-8-3-2-4-9-19/h2-13,17-18,24H,14-16H2,1H3,(H,31,35)(H,33,38)(H,36,37)(H2,30,32,34,39). The quantitative estimate of drug-likeness (QED) is 0.188. The van der Waals surface area contributed by atoms with Crippen LogP contribution in [0.15, 0.2) is 78.2 Å². The first-order valence-corrected chi connectivity index (χ1v) is 13.5. The topological polar surface area (TPSA) is 150 Å². The minimum absolute atomic E-state index is 0.0939. The molecule has 0 fully saturated rings. The van der Waals surface area contributed by atoms with Crippen molar-refractivity contribution in [3.05, 3.63) is 95.0 Å². The maximum atomic E-state index is 12.9. The Kier molecular flexibility index (Phi) is 9.42. The summed E-state index contributed by atoms with van der Waals surface area (Å²) < 4.78 is 0. The number of nitrogens with one attached hydrogen (secondary N) is 4. The third-order valence-corrected chi connectivity index (χ3v) is 6.88. The molecule has 4 rings (SSSR count). The van der Waals surface area contributed by atoms with Crippen molar-refractivity contribution in [3.8, 4) is 0 Å². The van der Waals surface area contributed by atoms with E-state index in [4.69, 9.17) is 0 Å². The first-order valence-electron chi connectivity index (χ1n) is 12.6. The van der Waals surface area contributed by atoms with Crippen LogP contribution in [0, 0.1) is 0 Å². The van der Waals surface area contributed by atoms with E-state index < -0.39 is 35.9 Å². The second-order valence-electron chi connectivity index (χ2n) is 9.13. The molecule has 2 atom stereocenters. The number of hydrogen-bond acceptors (Lipinski definition) is 6. The molecule has 10 nitrogen and oxygen atoms in total. The normalized spacial score (nSPS) is 12.2. The number of aromatic nitrogens is 1. The molecule has 0 aliphatic rings. The van der Waals surface area contributed by atoms with Gasteiger partial charge in [0.15, 0.2) is 5.13 Å². The Hall–Kier alpha value is -4.77. The Balaban J connectivity index is 1.30. The van der Waals surface area contributed by atoms with E-state index in [1.54, 1.807) is 11.4 Å². The lowest BCUT2D eigenvalue weighted by Gasteiger charge is -2.22. The zero-order valence-electron chi connectivity index (χ0n) is 21.7. The molecule has 2 unspecified atom stereocenters. The predicted molar refractivity (Wildman–Crippen MR) is 153 cm³/mol. The molecule has 1 aromatic heterocycles. The highest BCUT2D eigenvalue weighted by atomic mass is 32.1. The average Bonchev–Trinajstić information content (AvgIpc) is 3.37. The van der Waals surface area contributed by atoms with E-state index in [9.17, 15) is 24.3 Å². The fourth-order valence-corrected chi connectivity index (χ4v) is 4.86. The van der Waals surface area contributed by atoms with Crippen LogP contribution in [0.1, 0.15) is 36.2 Å². The SMILES string of the molecule is CC(NC(=O)Cc1csc(NC(=O)NCc2ccccc2)n1)C(=O)NC(CC(=O)O)c1cccc2ccccc12. The summed E-state index contributed by atoms with van der Waals surface area (Å²) in [6, 6.07) is 20.4. The molecule has 11 heteroatoms. The van der Waals surface area contributed by atoms with Crippen LogP contribution in [-0.2, 0) is 27.3 Å².